The van der Waals surface area contributed by atoms with Crippen molar-refractivity contribution >= 4 is 17.5 Å². The van der Waals surface area contributed by atoms with Crippen molar-refractivity contribution in [2.75, 3.05) is 31.6 Å². The lowest BCUT2D eigenvalue weighted by Crippen LogP contribution is -2.28. The van der Waals surface area contributed by atoms with Crippen LogP contribution in [0.2, 0.25) is 0 Å². The quantitative estimate of drug-likeness (QED) is 0.665. The Kier molecular flexibility index (Phi) is 6.57. The third-order valence-corrected chi connectivity index (χ3v) is 3.74. The van der Waals surface area contributed by atoms with Crippen molar-refractivity contribution in [2.24, 2.45) is 0 Å². The second kappa shape index (κ2) is 7.74. The van der Waals surface area contributed by atoms with E-state index in [2.05, 4.69) is 17.6 Å². The Labute approximate surface area is 102 Å². The predicted octanol–water partition coefficient (Wildman–Crippen LogP) is 1.56. The van der Waals surface area contributed by atoms with Crippen molar-refractivity contribution in [3.8, 4) is 0 Å². The first-order valence-electron chi connectivity index (χ1n) is 6.01. The molecule has 0 unspecified atom stereocenters. The molecule has 0 amide bonds. The van der Waals surface area contributed by atoms with Gasteiger partial charge in [-0.2, -0.15) is 0 Å². The molecule has 0 aromatic rings. The summed E-state index contributed by atoms with van der Waals surface area (Å²) in [6.45, 7) is 4.08. The van der Waals surface area contributed by atoms with E-state index in [0.29, 0.717) is 5.75 Å². The van der Waals surface area contributed by atoms with Crippen molar-refractivity contribution < 1.29 is 4.79 Å². The molecule has 16 heavy (non-hydrogen) atoms. The number of nitrogens with one attached hydrogen (secondary N) is 2. The van der Waals surface area contributed by atoms with Gasteiger partial charge in [-0.1, -0.05) is 6.92 Å². The number of carbonyl (C=O) groups is 1. The molecule has 0 bridgehead atoms. The maximum Gasteiger partial charge on any atom is 0.188 e. The van der Waals surface area contributed by atoms with E-state index in [0.717, 1.165) is 43.8 Å². The molecule has 0 aliphatic carbocycles. The monoisotopic (exact) mass is 242 g/mol. The summed E-state index contributed by atoms with van der Waals surface area (Å²) < 4.78 is 0. The fourth-order valence-electron chi connectivity index (χ4n) is 1.75. The molecule has 0 saturated heterocycles. The van der Waals surface area contributed by atoms with Crippen molar-refractivity contribution in [3.05, 3.63) is 11.3 Å². The zero-order valence-corrected chi connectivity index (χ0v) is 11.1. The van der Waals surface area contributed by atoms with E-state index < -0.39 is 0 Å². The molecule has 0 aromatic carbocycles. The molecule has 0 fully saturated rings. The molecule has 1 aliphatic rings. The van der Waals surface area contributed by atoms with Crippen LogP contribution in [-0.2, 0) is 4.79 Å². The molecule has 0 spiro atoms. The highest BCUT2D eigenvalue weighted by atomic mass is 32.2. The van der Waals surface area contributed by atoms with Crippen molar-refractivity contribution in [3.63, 3.8) is 0 Å². The number of ketones is 1. The van der Waals surface area contributed by atoms with Crippen LogP contribution in [0.25, 0.3) is 0 Å². The Morgan fingerprint density at radius 2 is 2.00 bits per heavy atom. The lowest BCUT2D eigenvalue weighted by Gasteiger charge is -2.19. The number of rotatable bonds is 7. The summed E-state index contributed by atoms with van der Waals surface area (Å²) in [5.74, 6) is 1.94. The Balaban J connectivity index is 2.37. The minimum atomic E-state index is 0.279. The van der Waals surface area contributed by atoms with Gasteiger partial charge in [0.1, 0.15) is 0 Å². The van der Waals surface area contributed by atoms with E-state index in [9.17, 15) is 4.79 Å². The minimum Gasteiger partial charge on any atom is -0.382 e. The first-order chi connectivity index (χ1) is 7.79. The zero-order chi connectivity index (χ0) is 11.8. The van der Waals surface area contributed by atoms with Gasteiger partial charge >= 0.3 is 0 Å². The Bertz CT molecular complexity index is 264. The van der Waals surface area contributed by atoms with Gasteiger partial charge in [0.25, 0.3) is 0 Å². The third-order valence-electron chi connectivity index (χ3n) is 2.72. The lowest BCUT2D eigenvalue weighted by atomic mass is 10.1. The van der Waals surface area contributed by atoms with Crippen LogP contribution >= 0.6 is 11.8 Å². The third kappa shape index (κ3) is 4.18. The van der Waals surface area contributed by atoms with Gasteiger partial charge in [-0.3, -0.25) is 4.79 Å². The highest BCUT2D eigenvalue weighted by Gasteiger charge is 2.18. The highest BCUT2D eigenvalue weighted by Crippen LogP contribution is 2.21. The molecule has 2 N–H and O–H groups in total. The maximum atomic E-state index is 11.7. The number of hydrogen-bond donors (Lipinski definition) is 2. The summed E-state index contributed by atoms with van der Waals surface area (Å²) in [4.78, 5) is 11.7. The largest absolute Gasteiger partial charge is 0.382 e. The van der Waals surface area contributed by atoms with Crippen LogP contribution in [0.4, 0.5) is 0 Å². The van der Waals surface area contributed by atoms with E-state index in [-0.39, 0.29) is 5.78 Å². The topological polar surface area (TPSA) is 41.1 Å². The summed E-state index contributed by atoms with van der Waals surface area (Å²) in [6.07, 6.45) is 3.25. The number of hydrogen-bond acceptors (Lipinski definition) is 4. The van der Waals surface area contributed by atoms with Crippen LogP contribution in [0.3, 0.4) is 0 Å². The second-order valence-corrected chi connectivity index (χ2v) is 4.97. The molecule has 4 heteroatoms. The molecular formula is C12H22N2OS. The van der Waals surface area contributed by atoms with E-state index in [1.54, 1.807) is 11.8 Å². The first kappa shape index (κ1) is 13.6. The smallest absolute Gasteiger partial charge is 0.188 e. The average Bonchev–Trinajstić information content (AvgIpc) is 2.30. The summed E-state index contributed by atoms with van der Waals surface area (Å²) in [5.41, 5.74) is 2.19. The van der Waals surface area contributed by atoms with Crippen LogP contribution in [0.1, 0.15) is 26.2 Å². The predicted molar refractivity (Wildman–Crippen MR) is 70.8 cm³/mol. The maximum absolute atomic E-state index is 11.7. The van der Waals surface area contributed by atoms with Gasteiger partial charge in [0, 0.05) is 12.3 Å². The van der Waals surface area contributed by atoms with E-state index in [4.69, 9.17) is 0 Å². The normalized spacial score (nSPS) is 16.8. The molecule has 1 aliphatic heterocycles. The highest BCUT2D eigenvalue weighted by molar-refractivity contribution is 8.00. The standard InChI is InChI=1S/C12H22N2OS/c1-3-10-8-16-9-11(15)12(10)14-7-5-4-6-13-2/h13-14H,3-9H2,1-2H3. The van der Waals surface area contributed by atoms with E-state index in [1.807, 2.05) is 7.05 Å². The molecule has 0 atom stereocenters. The van der Waals surface area contributed by atoms with Gasteiger partial charge in [0.15, 0.2) is 5.78 Å². The molecular weight excluding hydrogens is 220 g/mol. The molecule has 1 heterocycles. The summed E-state index contributed by atoms with van der Waals surface area (Å²) in [5, 5.41) is 6.45. The zero-order valence-electron chi connectivity index (χ0n) is 10.3. The van der Waals surface area contributed by atoms with Crippen LogP contribution < -0.4 is 10.6 Å². The fraction of sp³-hybridized carbons (Fsp3) is 0.750. The van der Waals surface area contributed by atoms with Crippen molar-refractivity contribution in [2.45, 2.75) is 26.2 Å². The Hall–Kier alpha value is -0.480. The number of allylic oxidation sites excluding steroid dienone is 1. The number of carbonyl (C=O) groups excluding carboxylic acids is 1. The molecule has 3 nitrogen and oxygen atoms in total. The summed E-state index contributed by atoms with van der Waals surface area (Å²) in [6, 6.07) is 0. The van der Waals surface area contributed by atoms with Gasteiger partial charge in [-0.15, -0.1) is 11.8 Å². The molecule has 92 valence electrons. The summed E-state index contributed by atoms with van der Waals surface area (Å²) in [7, 11) is 1.97. The van der Waals surface area contributed by atoms with Crippen LogP contribution in [-0.4, -0.2) is 37.4 Å². The van der Waals surface area contributed by atoms with E-state index >= 15 is 0 Å². The molecule has 0 radical (unpaired) electrons. The Morgan fingerprint density at radius 1 is 1.25 bits per heavy atom. The molecule has 1 rings (SSSR count). The minimum absolute atomic E-state index is 0.279. The fourth-order valence-corrected chi connectivity index (χ4v) is 2.78. The van der Waals surface area contributed by atoms with Crippen molar-refractivity contribution in [1.82, 2.24) is 10.6 Å². The van der Waals surface area contributed by atoms with E-state index in [1.165, 1.54) is 5.57 Å². The van der Waals surface area contributed by atoms with Crippen molar-refractivity contribution in [1.29, 1.82) is 0 Å². The van der Waals surface area contributed by atoms with Gasteiger partial charge in [-0.25, -0.2) is 0 Å². The lowest BCUT2D eigenvalue weighted by molar-refractivity contribution is -0.113. The SMILES string of the molecule is CCC1=C(NCCCCNC)C(=O)CSC1. The second-order valence-electron chi connectivity index (χ2n) is 3.99. The number of Topliss-reactive ketones (excluding diaryl/α,β-unsaturated/α-hetero) is 1. The Morgan fingerprint density at radius 3 is 2.69 bits per heavy atom. The first-order valence-corrected chi connectivity index (χ1v) is 7.16. The summed E-state index contributed by atoms with van der Waals surface area (Å²) >= 11 is 1.73. The van der Waals surface area contributed by atoms with Crippen LogP contribution in [0.15, 0.2) is 11.3 Å². The van der Waals surface area contributed by atoms with Gasteiger partial charge in [-0.05, 0) is 38.4 Å². The van der Waals surface area contributed by atoms with Crippen LogP contribution in [0, 0.1) is 0 Å². The van der Waals surface area contributed by atoms with Gasteiger partial charge in [0.2, 0.25) is 0 Å². The molecule has 0 saturated carbocycles. The molecule has 0 aromatic heterocycles. The average molecular weight is 242 g/mol. The van der Waals surface area contributed by atoms with Gasteiger partial charge < -0.3 is 10.6 Å². The van der Waals surface area contributed by atoms with Gasteiger partial charge in [0.05, 0.1) is 11.4 Å². The number of thioether (sulfide) groups is 1. The van der Waals surface area contributed by atoms with Crippen LogP contribution in [0.5, 0.6) is 0 Å². The number of unbranched alkanes of at least 4 members (excludes halogenated alkanes) is 1.